The highest BCUT2D eigenvalue weighted by atomic mass is 19.3. The van der Waals surface area contributed by atoms with Gasteiger partial charge < -0.3 is 5.32 Å². The van der Waals surface area contributed by atoms with Crippen molar-refractivity contribution >= 4 is 0 Å². The smallest absolute Gasteiger partial charge is 0.250 e. The molecule has 1 aromatic heterocycles. The summed E-state index contributed by atoms with van der Waals surface area (Å²) in [5.41, 5.74) is 0. The minimum atomic E-state index is -2.26. The summed E-state index contributed by atoms with van der Waals surface area (Å²) >= 11 is 0. The molecule has 0 spiro atoms. The number of hydrogen-bond donors (Lipinski definition) is 1. The number of halogens is 2. The van der Waals surface area contributed by atoms with E-state index in [9.17, 15) is 8.78 Å². The monoisotopic (exact) mass is 189 g/mol. The second-order valence-corrected chi connectivity index (χ2v) is 2.72. The van der Waals surface area contributed by atoms with Crippen molar-refractivity contribution in [3.63, 3.8) is 0 Å². The van der Waals surface area contributed by atoms with E-state index in [1.54, 1.807) is 10.9 Å². The van der Waals surface area contributed by atoms with Crippen LogP contribution in [0.2, 0.25) is 0 Å². The third-order valence-corrected chi connectivity index (χ3v) is 1.60. The van der Waals surface area contributed by atoms with Crippen LogP contribution in [-0.2, 0) is 6.54 Å². The van der Waals surface area contributed by atoms with E-state index in [0.717, 1.165) is 13.0 Å². The normalized spacial score (nSPS) is 11.0. The molecule has 1 heterocycles. The van der Waals surface area contributed by atoms with E-state index in [-0.39, 0.29) is 6.54 Å². The van der Waals surface area contributed by atoms with Crippen LogP contribution in [0.3, 0.4) is 0 Å². The molecule has 0 bridgehead atoms. The highest BCUT2D eigenvalue weighted by Gasteiger charge is 1.99. The Kier molecular flexibility index (Phi) is 4.39. The van der Waals surface area contributed by atoms with Crippen LogP contribution >= 0.6 is 0 Å². The second-order valence-electron chi connectivity index (χ2n) is 2.72. The summed E-state index contributed by atoms with van der Waals surface area (Å²) in [6, 6.07) is 1.84. The Labute approximate surface area is 75.7 Å². The molecule has 0 aliphatic heterocycles. The first-order valence-corrected chi connectivity index (χ1v) is 4.25. The first-order chi connectivity index (χ1) is 6.29. The van der Waals surface area contributed by atoms with Gasteiger partial charge in [0.1, 0.15) is 0 Å². The zero-order chi connectivity index (χ0) is 9.52. The van der Waals surface area contributed by atoms with Gasteiger partial charge in [0.05, 0.1) is 6.54 Å². The van der Waals surface area contributed by atoms with E-state index in [2.05, 4.69) is 10.4 Å². The predicted octanol–water partition coefficient (Wildman–Crippen LogP) is 1.13. The van der Waals surface area contributed by atoms with E-state index in [4.69, 9.17) is 0 Å². The molecule has 5 heteroatoms. The Morgan fingerprint density at radius 1 is 1.46 bits per heavy atom. The molecule has 0 aliphatic rings. The molecule has 0 saturated heterocycles. The van der Waals surface area contributed by atoms with Gasteiger partial charge in [-0.2, -0.15) is 5.10 Å². The fraction of sp³-hybridized carbons (Fsp3) is 0.625. The van der Waals surface area contributed by atoms with Gasteiger partial charge in [-0.25, -0.2) is 8.78 Å². The molecule has 0 aromatic carbocycles. The second kappa shape index (κ2) is 5.64. The third kappa shape index (κ3) is 4.57. The number of nitrogens with zero attached hydrogens (tertiary/aromatic N) is 2. The van der Waals surface area contributed by atoms with E-state index in [1.165, 1.54) is 0 Å². The van der Waals surface area contributed by atoms with E-state index < -0.39 is 6.43 Å². The summed E-state index contributed by atoms with van der Waals surface area (Å²) in [4.78, 5) is 0. The van der Waals surface area contributed by atoms with Crippen molar-refractivity contribution in [2.75, 3.05) is 13.1 Å². The summed E-state index contributed by atoms with van der Waals surface area (Å²) in [6.45, 7) is 1.15. The maximum Gasteiger partial charge on any atom is 0.250 e. The number of aryl methyl sites for hydroxylation is 1. The van der Waals surface area contributed by atoms with Crippen LogP contribution in [0, 0.1) is 0 Å². The van der Waals surface area contributed by atoms with Crippen molar-refractivity contribution in [2.45, 2.75) is 19.4 Å². The van der Waals surface area contributed by atoms with E-state index in [1.807, 2.05) is 12.3 Å². The van der Waals surface area contributed by atoms with E-state index in [0.29, 0.717) is 6.54 Å². The molecular weight excluding hydrogens is 176 g/mol. The minimum Gasteiger partial charge on any atom is -0.311 e. The summed E-state index contributed by atoms with van der Waals surface area (Å²) in [6.07, 6.45) is 2.11. The molecule has 0 radical (unpaired) electrons. The lowest BCUT2D eigenvalue weighted by Crippen LogP contribution is -2.23. The summed E-state index contributed by atoms with van der Waals surface area (Å²) in [7, 11) is 0. The first kappa shape index (κ1) is 10.1. The Morgan fingerprint density at radius 2 is 2.31 bits per heavy atom. The molecule has 13 heavy (non-hydrogen) atoms. The SMILES string of the molecule is FC(F)CNCCCn1cccn1. The Morgan fingerprint density at radius 3 is 2.92 bits per heavy atom. The van der Waals surface area contributed by atoms with Crippen LogP contribution in [0.25, 0.3) is 0 Å². The van der Waals surface area contributed by atoms with Crippen molar-refractivity contribution in [3.8, 4) is 0 Å². The van der Waals surface area contributed by atoms with Gasteiger partial charge in [-0.05, 0) is 19.0 Å². The number of nitrogens with one attached hydrogen (secondary N) is 1. The highest BCUT2D eigenvalue weighted by Crippen LogP contribution is 1.90. The predicted molar refractivity (Wildman–Crippen MR) is 45.7 cm³/mol. The molecule has 1 N–H and O–H groups in total. The van der Waals surface area contributed by atoms with Gasteiger partial charge >= 0.3 is 0 Å². The average Bonchev–Trinajstić information content (AvgIpc) is 2.55. The average molecular weight is 189 g/mol. The zero-order valence-electron chi connectivity index (χ0n) is 7.29. The van der Waals surface area contributed by atoms with Crippen LogP contribution in [0.15, 0.2) is 18.5 Å². The lowest BCUT2D eigenvalue weighted by Gasteiger charge is -2.03. The molecule has 0 atom stereocenters. The molecule has 0 saturated carbocycles. The van der Waals surface area contributed by atoms with Gasteiger partial charge in [0, 0.05) is 18.9 Å². The largest absolute Gasteiger partial charge is 0.311 e. The lowest BCUT2D eigenvalue weighted by molar-refractivity contribution is 0.146. The minimum absolute atomic E-state index is 0.223. The first-order valence-electron chi connectivity index (χ1n) is 4.25. The number of alkyl halides is 2. The number of rotatable bonds is 6. The van der Waals surface area contributed by atoms with Gasteiger partial charge in [-0.1, -0.05) is 0 Å². The van der Waals surface area contributed by atoms with Crippen molar-refractivity contribution in [3.05, 3.63) is 18.5 Å². The van der Waals surface area contributed by atoms with Crippen LogP contribution < -0.4 is 5.32 Å². The van der Waals surface area contributed by atoms with Crippen LogP contribution in [0.1, 0.15) is 6.42 Å². The fourth-order valence-corrected chi connectivity index (χ4v) is 1.01. The Balaban J connectivity index is 1.96. The summed E-state index contributed by atoms with van der Waals surface area (Å²) < 4.78 is 25.1. The Bertz CT molecular complexity index is 211. The fourth-order valence-electron chi connectivity index (χ4n) is 1.01. The molecule has 0 unspecified atom stereocenters. The zero-order valence-corrected chi connectivity index (χ0v) is 7.29. The van der Waals surface area contributed by atoms with Gasteiger partial charge in [-0.3, -0.25) is 4.68 Å². The standard InChI is InChI=1S/C8H13F2N3/c9-8(10)7-11-3-1-5-13-6-2-4-12-13/h2,4,6,8,11H,1,3,5,7H2. The molecule has 3 nitrogen and oxygen atoms in total. The van der Waals surface area contributed by atoms with Crippen molar-refractivity contribution in [1.29, 1.82) is 0 Å². The van der Waals surface area contributed by atoms with Gasteiger partial charge in [-0.15, -0.1) is 0 Å². The molecule has 0 amide bonds. The molecule has 74 valence electrons. The Hall–Kier alpha value is -0.970. The summed E-state index contributed by atoms with van der Waals surface area (Å²) in [5.74, 6) is 0. The van der Waals surface area contributed by atoms with Crippen LogP contribution in [0.4, 0.5) is 8.78 Å². The van der Waals surface area contributed by atoms with Crippen molar-refractivity contribution < 1.29 is 8.78 Å². The van der Waals surface area contributed by atoms with E-state index >= 15 is 0 Å². The highest BCUT2D eigenvalue weighted by molar-refractivity contribution is 4.77. The molecule has 1 rings (SSSR count). The third-order valence-electron chi connectivity index (χ3n) is 1.60. The van der Waals surface area contributed by atoms with Gasteiger partial charge in [0.2, 0.25) is 0 Å². The molecule has 0 fully saturated rings. The maximum absolute atomic E-state index is 11.7. The lowest BCUT2D eigenvalue weighted by atomic mass is 10.4. The molecule has 0 aliphatic carbocycles. The van der Waals surface area contributed by atoms with Crippen molar-refractivity contribution in [1.82, 2.24) is 15.1 Å². The topological polar surface area (TPSA) is 29.9 Å². The number of hydrogen-bond acceptors (Lipinski definition) is 2. The summed E-state index contributed by atoms with van der Waals surface area (Å²) in [5, 5.41) is 6.65. The maximum atomic E-state index is 11.7. The quantitative estimate of drug-likeness (QED) is 0.680. The number of aromatic nitrogens is 2. The van der Waals surface area contributed by atoms with Crippen LogP contribution in [-0.4, -0.2) is 29.3 Å². The van der Waals surface area contributed by atoms with Gasteiger partial charge in [0.15, 0.2) is 0 Å². The molecular formula is C8H13F2N3. The van der Waals surface area contributed by atoms with Gasteiger partial charge in [0.25, 0.3) is 6.43 Å². The van der Waals surface area contributed by atoms with Crippen LogP contribution in [0.5, 0.6) is 0 Å². The van der Waals surface area contributed by atoms with Crippen molar-refractivity contribution in [2.24, 2.45) is 0 Å². The molecule has 1 aromatic rings.